The second-order valence-electron chi connectivity index (χ2n) is 4.72. The number of nitrogens with zero attached hydrogens (tertiary/aromatic N) is 3. The highest BCUT2D eigenvalue weighted by molar-refractivity contribution is 5.62. The average Bonchev–Trinajstić information content (AvgIpc) is 2.68. The van der Waals surface area contributed by atoms with Crippen LogP contribution in [0, 0.1) is 24.0 Å². The molecule has 20 heavy (non-hydrogen) atoms. The minimum atomic E-state index is -0.370. The smallest absolute Gasteiger partial charge is 0.292 e. The first-order valence-corrected chi connectivity index (χ1v) is 6.53. The van der Waals surface area contributed by atoms with Gasteiger partial charge in [0.25, 0.3) is 5.69 Å². The van der Waals surface area contributed by atoms with Crippen molar-refractivity contribution in [1.29, 1.82) is 0 Å². The maximum atomic E-state index is 11.0. The molecule has 0 bridgehead atoms. The molecule has 2 aromatic rings. The van der Waals surface area contributed by atoms with E-state index < -0.39 is 0 Å². The molecule has 106 valence electrons. The number of rotatable bonds is 5. The molecule has 0 atom stereocenters. The molecule has 0 aliphatic rings. The topological polar surface area (TPSA) is 73.0 Å². The van der Waals surface area contributed by atoms with Gasteiger partial charge in [0.1, 0.15) is 5.69 Å². The monoisotopic (exact) mass is 274 g/mol. The van der Waals surface area contributed by atoms with Crippen LogP contribution in [-0.2, 0) is 6.54 Å². The molecule has 0 radical (unpaired) electrons. The fourth-order valence-electron chi connectivity index (χ4n) is 2.18. The number of nitro benzene ring substituents is 1. The lowest BCUT2D eigenvalue weighted by molar-refractivity contribution is -0.384. The van der Waals surface area contributed by atoms with Crippen molar-refractivity contribution in [3.8, 4) is 0 Å². The Morgan fingerprint density at radius 1 is 1.35 bits per heavy atom. The zero-order valence-electron chi connectivity index (χ0n) is 11.9. The first-order chi connectivity index (χ1) is 9.51. The number of aryl methyl sites for hydroxylation is 2. The number of benzene rings is 1. The molecule has 6 nitrogen and oxygen atoms in total. The first-order valence-electron chi connectivity index (χ1n) is 6.53. The second kappa shape index (κ2) is 5.73. The summed E-state index contributed by atoms with van der Waals surface area (Å²) in [5.74, 6) is 0. The van der Waals surface area contributed by atoms with Crippen molar-refractivity contribution in [3.63, 3.8) is 0 Å². The highest BCUT2D eigenvalue weighted by atomic mass is 16.6. The molecule has 0 amide bonds. The Hall–Kier alpha value is -2.37. The third-order valence-electron chi connectivity index (χ3n) is 3.06. The number of anilines is 1. The van der Waals surface area contributed by atoms with Crippen molar-refractivity contribution >= 4 is 11.4 Å². The van der Waals surface area contributed by atoms with E-state index in [2.05, 4.69) is 10.4 Å². The summed E-state index contributed by atoms with van der Waals surface area (Å²) >= 11 is 0. The molecule has 0 saturated heterocycles. The minimum absolute atomic E-state index is 0.101. The fraction of sp³-hybridized carbons (Fsp3) is 0.357. The quantitative estimate of drug-likeness (QED) is 0.672. The summed E-state index contributed by atoms with van der Waals surface area (Å²) in [6.07, 6.45) is 0. The van der Waals surface area contributed by atoms with Crippen LogP contribution in [0.5, 0.6) is 0 Å². The Bertz CT molecular complexity index is 634. The fourth-order valence-corrected chi connectivity index (χ4v) is 2.18. The molecule has 0 aliphatic carbocycles. The van der Waals surface area contributed by atoms with Crippen molar-refractivity contribution in [2.24, 2.45) is 0 Å². The maximum absolute atomic E-state index is 11.0. The highest BCUT2D eigenvalue weighted by Crippen LogP contribution is 2.25. The van der Waals surface area contributed by atoms with E-state index in [9.17, 15) is 10.1 Å². The molecule has 0 fully saturated rings. The summed E-state index contributed by atoms with van der Waals surface area (Å²) in [6, 6.07) is 7.14. The van der Waals surface area contributed by atoms with Gasteiger partial charge in [-0.3, -0.25) is 14.8 Å². The van der Waals surface area contributed by atoms with E-state index in [4.69, 9.17) is 0 Å². The zero-order valence-corrected chi connectivity index (χ0v) is 11.9. The number of hydrogen-bond acceptors (Lipinski definition) is 4. The number of hydrogen-bond donors (Lipinski definition) is 1. The van der Waals surface area contributed by atoms with E-state index >= 15 is 0 Å². The lowest BCUT2D eigenvalue weighted by Crippen LogP contribution is -2.06. The number of aromatic nitrogens is 2. The molecule has 2 rings (SSSR count). The van der Waals surface area contributed by atoms with Crippen LogP contribution < -0.4 is 5.32 Å². The molecule has 0 unspecified atom stereocenters. The molecule has 6 heteroatoms. The standard InChI is InChI=1S/C14H18N4O2/c1-4-15-13-8-12(5-6-14(13)18(19)20)9-17-11(3)7-10(2)16-17/h5-8,15H,4,9H2,1-3H3. The van der Waals surface area contributed by atoms with Crippen LogP contribution in [0.4, 0.5) is 11.4 Å². The van der Waals surface area contributed by atoms with Gasteiger partial charge >= 0.3 is 0 Å². The van der Waals surface area contributed by atoms with Gasteiger partial charge in [0.15, 0.2) is 0 Å². The van der Waals surface area contributed by atoms with Crippen LogP contribution in [-0.4, -0.2) is 21.2 Å². The van der Waals surface area contributed by atoms with E-state index in [1.807, 2.05) is 37.6 Å². The van der Waals surface area contributed by atoms with Gasteiger partial charge in [-0.05, 0) is 38.5 Å². The van der Waals surface area contributed by atoms with Crippen LogP contribution in [0.1, 0.15) is 23.9 Å². The first kappa shape index (κ1) is 14.0. The van der Waals surface area contributed by atoms with Crippen molar-refractivity contribution in [3.05, 3.63) is 51.3 Å². The van der Waals surface area contributed by atoms with Crippen LogP contribution in [0.3, 0.4) is 0 Å². The lowest BCUT2D eigenvalue weighted by atomic mass is 10.1. The van der Waals surface area contributed by atoms with E-state index in [1.165, 1.54) is 0 Å². The summed E-state index contributed by atoms with van der Waals surface area (Å²) in [6.45, 7) is 7.11. The molecule has 0 aliphatic heterocycles. The molecular formula is C14H18N4O2. The van der Waals surface area contributed by atoms with E-state index in [1.54, 1.807) is 12.1 Å². The van der Waals surface area contributed by atoms with Gasteiger partial charge in [0, 0.05) is 18.3 Å². The Morgan fingerprint density at radius 2 is 2.10 bits per heavy atom. The van der Waals surface area contributed by atoms with E-state index in [-0.39, 0.29) is 10.6 Å². The van der Waals surface area contributed by atoms with Crippen molar-refractivity contribution in [2.75, 3.05) is 11.9 Å². The SMILES string of the molecule is CCNc1cc(Cn2nc(C)cc2C)ccc1[N+](=O)[O-]. The Labute approximate surface area is 117 Å². The van der Waals surface area contributed by atoms with Crippen LogP contribution in [0.25, 0.3) is 0 Å². The summed E-state index contributed by atoms with van der Waals surface area (Å²) in [7, 11) is 0. The predicted octanol–water partition coefficient (Wildman–Crippen LogP) is 2.89. The maximum Gasteiger partial charge on any atom is 0.292 e. The predicted molar refractivity (Wildman–Crippen MR) is 78.1 cm³/mol. The molecule has 1 aromatic heterocycles. The number of nitrogens with one attached hydrogen (secondary N) is 1. The van der Waals surface area contributed by atoms with Crippen LogP contribution >= 0.6 is 0 Å². The van der Waals surface area contributed by atoms with Crippen molar-refractivity contribution in [1.82, 2.24) is 9.78 Å². The van der Waals surface area contributed by atoms with Crippen LogP contribution in [0.15, 0.2) is 24.3 Å². The van der Waals surface area contributed by atoms with E-state index in [0.717, 1.165) is 17.0 Å². The zero-order chi connectivity index (χ0) is 14.7. The van der Waals surface area contributed by atoms with Crippen molar-refractivity contribution < 1.29 is 4.92 Å². The molecule has 1 aromatic carbocycles. The summed E-state index contributed by atoms with van der Waals surface area (Å²) < 4.78 is 1.90. The Balaban J connectivity index is 2.31. The van der Waals surface area contributed by atoms with Gasteiger partial charge in [-0.1, -0.05) is 6.07 Å². The van der Waals surface area contributed by atoms with Crippen LogP contribution in [0.2, 0.25) is 0 Å². The van der Waals surface area contributed by atoms with Gasteiger partial charge in [0.2, 0.25) is 0 Å². The summed E-state index contributed by atoms with van der Waals surface area (Å²) in [5, 5.41) is 18.4. The third-order valence-corrected chi connectivity index (χ3v) is 3.06. The van der Waals surface area contributed by atoms with Crippen molar-refractivity contribution in [2.45, 2.75) is 27.3 Å². The summed E-state index contributed by atoms with van der Waals surface area (Å²) in [4.78, 5) is 10.6. The van der Waals surface area contributed by atoms with Gasteiger partial charge < -0.3 is 5.32 Å². The minimum Gasteiger partial charge on any atom is -0.380 e. The van der Waals surface area contributed by atoms with E-state index in [0.29, 0.717) is 18.8 Å². The second-order valence-corrected chi connectivity index (χ2v) is 4.72. The normalized spacial score (nSPS) is 10.6. The molecule has 1 heterocycles. The molecule has 0 spiro atoms. The van der Waals surface area contributed by atoms with Gasteiger partial charge in [-0.2, -0.15) is 5.10 Å². The molecule has 0 saturated carbocycles. The molecular weight excluding hydrogens is 256 g/mol. The largest absolute Gasteiger partial charge is 0.380 e. The highest BCUT2D eigenvalue weighted by Gasteiger charge is 2.14. The molecule has 1 N–H and O–H groups in total. The van der Waals surface area contributed by atoms with Gasteiger partial charge in [0.05, 0.1) is 17.2 Å². The lowest BCUT2D eigenvalue weighted by Gasteiger charge is -2.09. The average molecular weight is 274 g/mol. The van der Waals surface area contributed by atoms with Gasteiger partial charge in [-0.15, -0.1) is 0 Å². The van der Waals surface area contributed by atoms with Gasteiger partial charge in [-0.25, -0.2) is 0 Å². The summed E-state index contributed by atoms with van der Waals surface area (Å²) in [5.41, 5.74) is 3.68. The Morgan fingerprint density at radius 3 is 2.65 bits per heavy atom. The number of nitro groups is 1. The third kappa shape index (κ3) is 2.96. The Kier molecular flexibility index (Phi) is 4.02.